The fraction of sp³-hybridized carbons (Fsp3) is 0.0882. The highest BCUT2D eigenvalue weighted by Crippen LogP contribution is 2.58. The van der Waals surface area contributed by atoms with Gasteiger partial charge in [-0.25, -0.2) is 0 Å². The van der Waals surface area contributed by atoms with E-state index in [1.807, 2.05) is 6.92 Å². The lowest BCUT2D eigenvalue weighted by molar-refractivity contribution is 0.660. The van der Waals surface area contributed by atoms with E-state index in [1.165, 1.54) is 89.0 Å². The second-order valence-corrected chi connectivity index (χ2v) is 18.9. The van der Waals surface area contributed by atoms with Gasteiger partial charge in [0, 0.05) is 22.5 Å². The molecular formula is C68H55N. The average molecular weight is 886 g/mol. The number of allylic oxidation sites excluding steroid dienone is 6. The maximum absolute atomic E-state index is 4.62. The van der Waals surface area contributed by atoms with Crippen molar-refractivity contribution in [2.75, 3.05) is 4.90 Å². The highest BCUT2D eigenvalue weighted by atomic mass is 15.1. The second-order valence-electron chi connectivity index (χ2n) is 18.9. The van der Waals surface area contributed by atoms with Gasteiger partial charge in [0.05, 0.1) is 5.41 Å². The van der Waals surface area contributed by atoms with Crippen molar-refractivity contribution in [2.24, 2.45) is 0 Å². The molecule has 3 aliphatic carbocycles. The second kappa shape index (κ2) is 17.8. The Bertz CT molecular complexity index is 3400. The molecule has 0 amide bonds. The monoisotopic (exact) mass is 885 g/mol. The third-order valence-electron chi connectivity index (χ3n) is 14.6. The number of anilines is 3. The Kier molecular flexibility index (Phi) is 11.1. The molecule has 0 atom stereocenters. The molecule has 69 heavy (non-hydrogen) atoms. The van der Waals surface area contributed by atoms with Gasteiger partial charge in [-0.1, -0.05) is 227 Å². The first-order chi connectivity index (χ1) is 33.8. The predicted octanol–water partition coefficient (Wildman–Crippen LogP) is 17.9. The molecule has 12 rings (SSSR count). The zero-order valence-corrected chi connectivity index (χ0v) is 39.7. The van der Waals surface area contributed by atoms with Crippen molar-refractivity contribution in [3.05, 3.63) is 306 Å². The van der Waals surface area contributed by atoms with Crippen molar-refractivity contribution in [1.29, 1.82) is 0 Å². The summed E-state index contributed by atoms with van der Waals surface area (Å²) in [6.45, 7) is 14.6. The van der Waals surface area contributed by atoms with Gasteiger partial charge < -0.3 is 4.90 Å². The SMILES string of the molecule is C=C1/C=C\C=C(\c2ccc(N(c3ccc(-c4ccccc4)cc3)c3ccc4c(c3)C(C)(C)c3ccccc3-4)cc2)Cc2c1ccc1c2-c2ccccc2C1(c1ccccc1)c1ccccc1.C=CC. The lowest BCUT2D eigenvalue weighted by Crippen LogP contribution is -2.28. The van der Waals surface area contributed by atoms with Gasteiger partial charge in [-0.15, -0.1) is 6.58 Å². The van der Waals surface area contributed by atoms with E-state index in [0.29, 0.717) is 0 Å². The van der Waals surface area contributed by atoms with Gasteiger partial charge in [0.2, 0.25) is 0 Å². The van der Waals surface area contributed by atoms with Gasteiger partial charge in [0.1, 0.15) is 0 Å². The molecule has 9 aromatic rings. The van der Waals surface area contributed by atoms with Gasteiger partial charge in [-0.05, 0) is 144 Å². The summed E-state index contributed by atoms with van der Waals surface area (Å²) in [7, 11) is 0. The zero-order valence-electron chi connectivity index (χ0n) is 39.7. The van der Waals surface area contributed by atoms with Crippen LogP contribution in [0, 0.1) is 0 Å². The van der Waals surface area contributed by atoms with Crippen LogP contribution in [-0.4, -0.2) is 0 Å². The molecule has 0 bridgehead atoms. The highest BCUT2D eigenvalue weighted by molar-refractivity contribution is 5.94. The third-order valence-corrected chi connectivity index (χ3v) is 14.6. The summed E-state index contributed by atoms with van der Waals surface area (Å²) in [4.78, 5) is 2.42. The van der Waals surface area contributed by atoms with E-state index in [9.17, 15) is 0 Å². The number of rotatable bonds is 7. The van der Waals surface area contributed by atoms with Crippen LogP contribution >= 0.6 is 0 Å². The van der Waals surface area contributed by atoms with Gasteiger partial charge >= 0.3 is 0 Å². The Morgan fingerprint density at radius 3 is 1.59 bits per heavy atom. The van der Waals surface area contributed by atoms with Crippen molar-refractivity contribution >= 4 is 28.2 Å². The molecule has 9 aromatic carbocycles. The Hall–Kier alpha value is -8.26. The molecule has 0 spiro atoms. The van der Waals surface area contributed by atoms with Crippen LogP contribution in [0.1, 0.15) is 70.8 Å². The standard InChI is InChI=1S/C65H49N.C3H6/c1-44-18-17-21-48(42-58-54(44)40-41-61-63(58)57-27-14-16-29-60(57)65(61,49-22-9-5-10-23-49)50-24-11-6-12-25-50)47-32-36-52(37-33-47)66(51-34-30-46(31-35-51)45-19-7-4-8-20-45)53-38-39-56-55-26-13-15-28-59(55)64(2,3)62(56)43-53;1-3-2/h4-41,43H,1,42H2,2-3H3;3H,1H2,2H3/b18-17-,48-21+;. The summed E-state index contributed by atoms with van der Waals surface area (Å²) in [5.74, 6) is 0. The van der Waals surface area contributed by atoms with Crippen molar-refractivity contribution in [2.45, 2.75) is 38.0 Å². The van der Waals surface area contributed by atoms with Crippen LogP contribution in [0.25, 0.3) is 44.5 Å². The minimum Gasteiger partial charge on any atom is -0.310 e. The van der Waals surface area contributed by atoms with Crippen LogP contribution in [0.4, 0.5) is 17.1 Å². The van der Waals surface area contributed by atoms with E-state index in [-0.39, 0.29) is 5.41 Å². The molecule has 3 aliphatic rings. The lowest BCUT2D eigenvalue weighted by atomic mass is 9.67. The maximum atomic E-state index is 4.62. The molecule has 0 heterocycles. The number of nitrogens with zero attached hydrogens (tertiary/aromatic N) is 1. The molecule has 0 aromatic heterocycles. The van der Waals surface area contributed by atoms with Crippen LogP contribution in [0.5, 0.6) is 0 Å². The Balaban J connectivity index is 0.00000169. The molecular weight excluding hydrogens is 831 g/mol. The fourth-order valence-corrected chi connectivity index (χ4v) is 11.4. The largest absolute Gasteiger partial charge is 0.310 e. The van der Waals surface area contributed by atoms with E-state index >= 15 is 0 Å². The fourth-order valence-electron chi connectivity index (χ4n) is 11.4. The molecule has 0 N–H and O–H groups in total. The van der Waals surface area contributed by atoms with Crippen LogP contribution in [0.2, 0.25) is 0 Å². The Morgan fingerprint density at radius 2 is 0.957 bits per heavy atom. The predicted molar refractivity (Wildman–Crippen MR) is 294 cm³/mol. The maximum Gasteiger partial charge on any atom is 0.0713 e. The highest BCUT2D eigenvalue weighted by Gasteiger charge is 2.47. The molecule has 0 unspecified atom stereocenters. The molecule has 1 nitrogen and oxygen atoms in total. The Labute approximate surface area is 408 Å². The van der Waals surface area contributed by atoms with Crippen LogP contribution in [0.3, 0.4) is 0 Å². The molecule has 0 aliphatic heterocycles. The summed E-state index contributed by atoms with van der Waals surface area (Å²) in [5, 5.41) is 0. The first-order valence-corrected chi connectivity index (χ1v) is 24.1. The van der Waals surface area contributed by atoms with Crippen molar-refractivity contribution in [3.8, 4) is 33.4 Å². The molecule has 0 fully saturated rings. The molecule has 332 valence electrons. The lowest BCUT2D eigenvalue weighted by Gasteiger charge is -2.34. The zero-order chi connectivity index (χ0) is 47.1. The first-order valence-electron chi connectivity index (χ1n) is 24.1. The van der Waals surface area contributed by atoms with E-state index in [0.717, 1.165) is 29.1 Å². The summed E-state index contributed by atoms with van der Waals surface area (Å²) in [6, 6.07) is 80.8. The van der Waals surface area contributed by atoms with Crippen molar-refractivity contribution in [3.63, 3.8) is 0 Å². The summed E-state index contributed by atoms with van der Waals surface area (Å²) in [6.07, 6.45) is 9.17. The topological polar surface area (TPSA) is 3.24 Å². The smallest absolute Gasteiger partial charge is 0.0713 e. The number of benzene rings is 9. The normalized spacial score (nSPS) is 15.5. The Morgan fingerprint density at radius 1 is 0.464 bits per heavy atom. The first kappa shape index (κ1) is 43.3. The van der Waals surface area contributed by atoms with E-state index in [1.54, 1.807) is 6.08 Å². The van der Waals surface area contributed by atoms with Gasteiger partial charge in [0.25, 0.3) is 0 Å². The summed E-state index contributed by atoms with van der Waals surface area (Å²) in [5.41, 5.74) is 24.4. The third kappa shape index (κ3) is 7.25. The van der Waals surface area contributed by atoms with E-state index in [2.05, 4.69) is 269 Å². The minimum atomic E-state index is -0.465. The molecule has 0 saturated carbocycles. The average Bonchev–Trinajstić information content (AvgIpc) is 3.82. The molecule has 0 radical (unpaired) electrons. The van der Waals surface area contributed by atoms with Crippen molar-refractivity contribution in [1.82, 2.24) is 0 Å². The summed E-state index contributed by atoms with van der Waals surface area (Å²) < 4.78 is 0. The number of fused-ring (bicyclic) bond motifs is 8. The molecule has 0 saturated heterocycles. The van der Waals surface area contributed by atoms with E-state index in [4.69, 9.17) is 0 Å². The van der Waals surface area contributed by atoms with E-state index < -0.39 is 5.41 Å². The quantitative estimate of drug-likeness (QED) is 0.144. The van der Waals surface area contributed by atoms with Crippen LogP contribution in [-0.2, 0) is 17.3 Å². The van der Waals surface area contributed by atoms with Crippen LogP contribution in [0.15, 0.2) is 256 Å². The number of hydrogen-bond acceptors (Lipinski definition) is 1. The van der Waals surface area contributed by atoms with Crippen LogP contribution < -0.4 is 4.90 Å². The summed E-state index contributed by atoms with van der Waals surface area (Å²) >= 11 is 0. The van der Waals surface area contributed by atoms with Gasteiger partial charge in [-0.2, -0.15) is 0 Å². The number of hydrogen-bond donors (Lipinski definition) is 0. The molecule has 1 heteroatoms. The minimum absolute atomic E-state index is 0.114. The van der Waals surface area contributed by atoms with Crippen molar-refractivity contribution < 1.29 is 0 Å². The van der Waals surface area contributed by atoms with Gasteiger partial charge in [-0.3, -0.25) is 0 Å². The van der Waals surface area contributed by atoms with Gasteiger partial charge in [0.15, 0.2) is 0 Å².